The lowest BCUT2D eigenvalue weighted by Gasteiger charge is -2.18. The van der Waals surface area contributed by atoms with Crippen molar-refractivity contribution in [2.24, 2.45) is 4.99 Å². The van der Waals surface area contributed by atoms with Crippen LogP contribution in [-0.4, -0.2) is 15.7 Å². The number of aromatic nitrogens is 2. The molecule has 1 aliphatic rings. The lowest BCUT2D eigenvalue weighted by molar-refractivity contribution is 0.820. The van der Waals surface area contributed by atoms with E-state index in [1.54, 1.807) is 0 Å². The summed E-state index contributed by atoms with van der Waals surface area (Å²) in [6.45, 7) is 0. The van der Waals surface area contributed by atoms with E-state index in [-0.39, 0.29) is 11.6 Å². The van der Waals surface area contributed by atoms with E-state index in [0.717, 1.165) is 21.3 Å². The fourth-order valence-electron chi connectivity index (χ4n) is 2.90. The van der Waals surface area contributed by atoms with Crippen molar-refractivity contribution < 1.29 is 0 Å². The van der Waals surface area contributed by atoms with E-state index in [0.29, 0.717) is 17.9 Å². The van der Waals surface area contributed by atoms with Crippen LogP contribution in [0.15, 0.2) is 75.2 Å². The minimum atomic E-state index is -0.248. The third-order valence-electron chi connectivity index (χ3n) is 4.16. The van der Waals surface area contributed by atoms with Gasteiger partial charge in [-0.2, -0.15) is 0 Å². The molecule has 1 unspecified atom stereocenters. The summed E-state index contributed by atoms with van der Waals surface area (Å²) in [5.74, 6) is 0.502. The number of H-pyrrole nitrogens is 1. The Morgan fingerprint density at radius 3 is 2.56 bits per heavy atom. The SMILES string of the molecule is O=c1[nH]cnc2c1N=C(c1ccccc1)CC(c1ccc(Br)cc1)N2. The lowest BCUT2D eigenvalue weighted by Crippen LogP contribution is -2.15. The van der Waals surface area contributed by atoms with Gasteiger partial charge in [-0.1, -0.05) is 58.4 Å². The summed E-state index contributed by atoms with van der Waals surface area (Å²) < 4.78 is 1.02. The van der Waals surface area contributed by atoms with Gasteiger partial charge in [0, 0.05) is 10.9 Å². The van der Waals surface area contributed by atoms with E-state index in [2.05, 4.69) is 48.3 Å². The Morgan fingerprint density at radius 1 is 1.04 bits per heavy atom. The summed E-state index contributed by atoms with van der Waals surface area (Å²) in [4.78, 5) is 23.8. The molecule has 4 rings (SSSR count). The van der Waals surface area contributed by atoms with Gasteiger partial charge in [0.15, 0.2) is 11.5 Å². The van der Waals surface area contributed by atoms with Crippen molar-refractivity contribution in [2.45, 2.75) is 12.5 Å². The smallest absolute Gasteiger partial charge is 0.278 e. The molecule has 2 aromatic carbocycles. The first-order valence-electron chi connectivity index (χ1n) is 7.93. The Kier molecular flexibility index (Phi) is 4.19. The molecule has 3 aromatic rings. The lowest BCUT2D eigenvalue weighted by atomic mass is 9.97. The molecule has 25 heavy (non-hydrogen) atoms. The van der Waals surface area contributed by atoms with Crippen molar-refractivity contribution in [3.05, 3.63) is 86.9 Å². The van der Waals surface area contributed by atoms with Crippen molar-refractivity contribution in [3.8, 4) is 0 Å². The van der Waals surface area contributed by atoms with Crippen molar-refractivity contribution >= 4 is 33.1 Å². The number of halogens is 1. The molecule has 2 heterocycles. The van der Waals surface area contributed by atoms with E-state index in [1.807, 2.05) is 42.5 Å². The van der Waals surface area contributed by atoms with Crippen molar-refractivity contribution in [1.82, 2.24) is 9.97 Å². The number of nitrogens with zero attached hydrogens (tertiary/aromatic N) is 2. The molecule has 0 spiro atoms. The molecule has 124 valence electrons. The molecule has 0 amide bonds. The Balaban J connectivity index is 1.84. The maximum Gasteiger partial charge on any atom is 0.278 e. The van der Waals surface area contributed by atoms with Crippen LogP contribution in [0.3, 0.4) is 0 Å². The maximum absolute atomic E-state index is 12.2. The molecule has 5 nitrogen and oxygen atoms in total. The van der Waals surface area contributed by atoms with Crippen LogP contribution < -0.4 is 10.9 Å². The van der Waals surface area contributed by atoms with Crippen LogP contribution in [0, 0.1) is 0 Å². The molecular weight excluding hydrogens is 380 g/mol. The molecule has 0 radical (unpaired) electrons. The molecule has 1 aromatic heterocycles. The number of benzene rings is 2. The number of fused-ring (bicyclic) bond motifs is 1. The van der Waals surface area contributed by atoms with Crippen molar-refractivity contribution in [2.75, 3.05) is 5.32 Å². The zero-order chi connectivity index (χ0) is 17.2. The normalized spacial score (nSPS) is 16.4. The maximum atomic E-state index is 12.2. The van der Waals surface area contributed by atoms with Crippen LogP contribution >= 0.6 is 15.9 Å². The highest BCUT2D eigenvalue weighted by molar-refractivity contribution is 9.10. The number of aromatic amines is 1. The average molecular weight is 395 g/mol. The quantitative estimate of drug-likeness (QED) is 0.683. The molecule has 0 saturated carbocycles. The molecule has 1 aliphatic heterocycles. The minimum Gasteiger partial charge on any atom is -0.361 e. The van der Waals surface area contributed by atoms with Crippen LogP contribution in [0.4, 0.5) is 11.5 Å². The van der Waals surface area contributed by atoms with Gasteiger partial charge in [-0.15, -0.1) is 0 Å². The number of hydrogen-bond donors (Lipinski definition) is 2. The van der Waals surface area contributed by atoms with Crippen LogP contribution in [0.1, 0.15) is 23.6 Å². The van der Waals surface area contributed by atoms with E-state index in [4.69, 9.17) is 0 Å². The van der Waals surface area contributed by atoms with E-state index < -0.39 is 0 Å². The summed E-state index contributed by atoms with van der Waals surface area (Å²) in [5, 5.41) is 3.37. The zero-order valence-electron chi connectivity index (χ0n) is 13.2. The highest BCUT2D eigenvalue weighted by Crippen LogP contribution is 2.32. The van der Waals surface area contributed by atoms with Gasteiger partial charge >= 0.3 is 0 Å². The molecule has 1 atom stereocenters. The molecule has 0 saturated heterocycles. The summed E-state index contributed by atoms with van der Waals surface area (Å²) in [6.07, 6.45) is 2.05. The van der Waals surface area contributed by atoms with Crippen molar-refractivity contribution in [1.29, 1.82) is 0 Å². The molecular formula is C19H15BrN4O. The Morgan fingerprint density at radius 2 is 1.80 bits per heavy atom. The zero-order valence-corrected chi connectivity index (χ0v) is 14.8. The van der Waals surface area contributed by atoms with Crippen LogP contribution in [0.5, 0.6) is 0 Å². The van der Waals surface area contributed by atoms with E-state index >= 15 is 0 Å². The number of anilines is 1. The average Bonchev–Trinajstić information content (AvgIpc) is 2.84. The van der Waals surface area contributed by atoms with Gasteiger partial charge in [0.05, 0.1) is 18.1 Å². The second kappa shape index (κ2) is 6.64. The number of rotatable bonds is 2. The highest BCUT2D eigenvalue weighted by Gasteiger charge is 2.23. The summed E-state index contributed by atoms with van der Waals surface area (Å²) in [6, 6.07) is 18.0. The molecule has 6 heteroatoms. The molecule has 0 fully saturated rings. The fourth-order valence-corrected chi connectivity index (χ4v) is 3.17. The first kappa shape index (κ1) is 15.8. The van der Waals surface area contributed by atoms with Gasteiger partial charge in [-0.3, -0.25) is 4.79 Å². The monoisotopic (exact) mass is 394 g/mol. The third-order valence-corrected chi connectivity index (χ3v) is 4.69. The largest absolute Gasteiger partial charge is 0.361 e. The summed E-state index contributed by atoms with van der Waals surface area (Å²) in [5.41, 5.74) is 3.05. The molecule has 0 aliphatic carbocycles. The fraction of sp³-hybridized carbons (Fsp3) is 0.105. The van der Waals surface area contributed by atoms with E-state index in [1.165, 1.54) is 6.33 Å². The Labute approximate surface area is 153 Å². The summed E-state index contributed by atoms with van der Waals surface area (Å²) in [7, 11) is 0. The Hall–Kier alpha value is -2.73. The first-order valence-corrected chi connectivity index (χ1v) is 8.73. The second-order valence-electron chi connectivity index (χ2n) is 5.81. The highest BCUT2D eigenvalue weighted by atomic mass is 79.9. The van der Waals surface area contributed by atoms with Gasteiger partial charge in [0.2, 0.25) is 0 Å². The van der Waals surface area contributed by atoms with E-state index in [9.17, 15) is 4.79 Å². The first-order chi connectivity index (χ1) is 12.2. The van der Waals surface area contributed by atoms with Crippen LogP contribution in [-0.2, 0) is 0 Å². The van der Waals surface area contributed by atoms with Gasteiger partial charge in [-0.05, 0) is 23.3 Å². The standard InChI is InChI=1S/C19H15BrN4O/c20-14-8-6-13(7-9-14)16-10-15(12-4-2-1-3-5-12)23-17-18(24-16)21-11-22-19(17)25/h1-9,11,16H,10H2,(H2,21,22,24,25). The van der Waals surface area contributed by atoms with Gasteiger partial charge < -0.3 is 10.3 Å². The van der Waals surface area contributed by atoms with Gasteiger partial charge in [0.1, 0.15) is 0 Å². The molecule has 0 bridgehead atoms. The number of nitrogens with one attached hydrogen (secondary N) is 2. The predicted molar refractivity (Wildman–Crippen MR) is 103 cm³/mol. The van der Waals surface area contributed by atoms with Gasteiger partial charge in [0.25, 0.3) is 5.56 Å². The van der Waals surface area contributed by atoms with Crippen LogP contribution in [0.25, 0.3) is 0 Å². The van der Waals surface area contributed by atoms with Gasteiger partial charge in [-0.25, -0.2) is 9.98 Å². The summed E-state index contributed by atoms with van der Waals surface area (Å²) >= 11 is 3.47. The predicted octanol–water partition coefficient (Wildman–Crippen LogP) is 4.21. The molecule has 2 N–H and O–H groups in total. The number of aliphatic imine (C=N–C) groups is 1. The number of hydrogen-bond acceptors (Lipinski definition) is 4. The van der Waals surface area contributed by atoms with Crippen molar-refractivity contribution in [3.63, 3.8) is 0 Å². The minimum absolute atomic E-state index is 0.0254. The second-order valence-corrected chi connectivity index (χ2v) is 6.72. The van der Waals surface area contributed by atoms with Crippen LogP contribution in [0.2, 0.25) is 0 Å². The Bertz CT molecular complexity index is 980. The third kappa shape index (κ3) is 3.25. The topological polar surface area (TPSA) is 70.1 Å².